The molecule has 80 valence electrons. The average molecular weight is 202 g/mol. The summed E-state index contributed by atoms with van der Waals surface area (Å²) in [6, 6.07) is 8.57. The molecule has 1 aromatic carbocycles. The summed E-state index contributed by atoms with van der Waals surface area (Å²) in [7, 11) is 0. The van der Waals surface area contributed by atoms with E-state index in [1.807, 2.05) is 0 Å². The summed E-state index contributed by atoms with van der Waals surface area (Å²) >= 11 is 0. The lowest BCUT2D eigenvalue weighted by molar-refractivity contribution is 0.223. The Hall–Kier alpha value is -0.820. The molecule has 1 nitrogen and oxygen atoms in total. The van der Waals surface area contributed by atoms with Gasteiger partial charge in [0.15, 0.2) is 0 Å². The molecule has 0 saturated heterocycles. The zero-order valence-corrected chi connectivity index (χ0v) is 9.13. The fourth-order valence-electron chi connectivity index (χ4n) is 3.16. The number of rotatable bonds is 0. The van der Waals surface area contributed by atoms with Crippen molar-refractivity contribution >= 4 is 0 Å². The number of hydrogen-bond donors (Lipinski definition) is 1. The Labute approximate surface area is 93.3 Å². The van der Waals surface area contributed by atoms with Crippen LogP contribution in [-0.2, 0) is 11.9 Å². The maximum absolute atomic E-state index is 8.09. The minimum Gasteiger partial charge on any atom is -0.307 e. The van der Waals surface area contributed by atoms with Crippen LogP contribution in [0.2, 0.25) is 0 Å². The Kier molecular flexibility index (Phi) is 2.02. The maximum atomic E-state index is 8.09. The lowest BCUT2D eigenvalue weighted by atomic mass is 9.73. The SMILES string of the molecule is [2H]C1CNC2(CCCCC2)c2ccccc21. The molecule has 15 heavy (non-hydrogen) atoms. The number of nitrogens with one attached hydrogen (secondary N) is 1. The normalized spacial score (nSPS) is 29.6. The van der Waals surface area contributed by atoms with Gasteiger partial charge in [-0.25, -0.2) is 0 Å². The van der Waals surface area contributed by atoms with Gasteiger partial charge in [-0.2, -0.15) is 0 Å². The third kappa shape index (κ3) is 1.50. The van der Waals surface area contributed by atoms with Crippen molar-refractivity contribution in [3.8, 4) is 0 Å². The van der Waals surface area contributed by atoms with Crippen molar-refractivity contribution in [2.75, 3.05) is 6.54 Å². The van der Waals surface area contributed by atoms with Gasteiger partial charge in [-0.15, -0.1) is 0 Å². The average Bonchev–Trinajstić information content (AvgIpc) is 2.36. The molecule has 1 aliphatic heterocycles. The van der Waals surface area contributed by atoms with Crippen molar-refractivity contribution in [1.82, 2.24) is 5.32 Å². The minimum atomic E-state index is -0.0799. The van der Waals surface area contributed by atoms with E-state index in [-0.39, 0.29) is 11.9 Å². The van der Waals surface area contributed by atoms with Gasteiger partial charge in [0.2, 0.25) is 0 Å². The summed E-state index contributed by atoms with van der Waals surface area (Å²) in [5.41, 5.74) is 2.86. The molecule has 1 N–H and O–H groups in total. The van der Waals surface area contributed by atoms with E-state index >= 15 is 0 Å². The van der Waals surface area contributed by atoms with Crippen LogP contribution >= 0.6 is 0 Å². The van der Waals surface area contributed by atoms with Crippen LogP contribution < -0.4 is 5.32 Å². The molecular formula is C14H19N. The summed E-state index contributed by atoms with van der Waals surface area (Å²) in [6.07, 6.45) is 6.43. The van der Waals surface area contributed by atoms with Crippen molar-refractivity contribution in [2.45, 2.75) is 44.0 Å². The molecule has 1 spiro atoms. The molecule has 1 heterocycles. The van der Waals surface area contributed by atoms with E-state index in [4.69, 9.17) is 1.37 Å². The van der Waals surface area contributed by atoms with Crippen LogP contribution in [0.4, 0.5) is 0 Å². The van der Waals surface area contributed by atoms with Crippen molar-refractivity contribution in [2.24, 2.45) is 0 Å². The number of benzene rings is 1. The van der Waals surface area contributed by atoms with Gasteiger partial charge in [0.25, 0.3) is 0 Å². The Morgan fingerprint density at radius 3 is 2.80 bits per heavy atom. The Bertz CT molecular complexity index is 382. The summed E-state index contributed by atoms with van der Waals surface area (Å²) in [6.45, 7) is 0.816. The topological polar surface area (TPSA) is 12.0 Å². The van der Waals surface area contributed by atoms with Crippen LogP contribution in [0.1, 0.15) is 44.6 Å². The first kappa shape index (κ1) is 8.35. The first-order chi connectivity index (χ1) is 7.82. The van der Waals surface area contributed by atoms with Crippen molar-refractivity contribution in [3.63, 3.8) is 0 Å². The fraction of sp³-hybridized carbons (Fsp3) is 0.571. The molecule has 0 aromatic heterocycles. The lowest BCUT2D eigenvalue weighted by Gasteiger charge is -2.43. The zero-order chi connectivity index (χ0) is 11.0. The third-order valence-corrected chi connectivity index (χ3v) is 3.95. The van der Waals surface area contributed by atoms with Gasteiger partial charge in [-0.05, 0) is 30.4 Å². The van der Waals surface area contributed by atoms with E-state index in [9.17, 15) is 0 Å². The fourth-order valence-corrected chi connectivity index (χ4v) is 3.16. The van der Waals surface area contributed by atoms with E-state index < -0.39 is 0 Å². The highest BCUT2D eigenvalue weighted by atomic mass is 15.0. The van der Waals surface area contributed by atoms with Crippen LogP contribution in [0.5, 0.6) is 0 Å². The van der Waals surface area contributed by atoms with Crippen LogP contribution in [0, 0.1) is 0 Å². The summed E-state index contributed by atoms with van der Waals surface area (Å²) < 4.78 is 8.09. The van der Waals surface area contributed by atoms with Gasteiger partial charge in [0.1, 0.15) is 0 Å². The van der Waals surface area contributed by atoms with Gasteiger partial charge >= 0.3 is 0 Å². The lowest BCUT2D eigenvalue weighted by Crippen LogP contribution is -2.48. The highest BCUT2D eigenvalue weighted by Crippen LogP contribution is 2.40. The molecule has 1 aliphatic carbocycles. The molecule has 1 saturated carbocycles. The predicted octanol–water partition coefficient (Wildman–Crippen LogP) is 2.99. The standard InChI is InChI=1S/C14H19N/c1-4-9-14(10-5-1)13-7-3-2-6-12(13)8-11-15-14/h2-3,6-7,15H,1,4-5,8-11H2/i8D. The zero-order valence-electron chi connectivity index (χ0n) is 10.1. The molecule has 0 amide bonds. The summed E-state index contributed by atoms with van der Waals surface area (Å²) in [5, 5.41) is 3.65. The molecule has 3 rings (SSSR count). The number of hydrogen-bond acceptors (Lipinski definition) is 1. The third-order valence-electron chi connectivity index (χ3n) is 3.95. The Morgan fingerprint density at radius 1 is 1.13 bits per heavy atom. The first-order valence-electron chi connectivity index (χ1n) is 6.66. The molecule has 2 aliphatic rings. The van der Waals surface area contributed by atoms with Crippen molar-refractivity contribution in [3.05, 3.63) is 35.4 Å². The van der Waals surface area contributed by atoms with Crippen LogP contribution in [0.25, 0.3) is 0 Å². The van der Waals surface area contributed by atoms with E-state index in [0.29, 0.717) is 0 Å². The quantitative estimate of drug-likeness (QED) is 0.682. The largest absolute Gasteiger partial charge is 0.307 e. The Morgan fingerprint density at radius 2 is 1.93 bits per heavy atom. The number of fused-ring (bicyclic) bond motifs is 2. The highest BCUT2D eigenvalue weighted by molar-refractivity contribution is 5.36. The first-order valence-corrected chi connectivity index (χ1v) is 6.08. The molecular weight excluding hydrogens is 182 g/mol. The summed E-state index contributed by atoms with van der Waals surface area (Å²) in [4.78, 5) is 0. The molecule has 1 atom stereocenters. The highest BCUT2D eigenvalue weighted by Gasteiger charge is 2.36. The molecule has 1 heteroatoms. The monoisotopic (exact) mass is 202 g/mol. The second-order valence-electron chi connectivity index (χ2n) is 4.82. The van der Waals surface area contributed by atoms with Gasteiger partial charge < -0.3 is 5.32 Å². The Balaban J connectivity index is 2.06. The van der Waals surface area contributed by atoms with E-state index in [0.717, 1.165) is 6.54 Å². The smallest absolute Gasteiger partial charge is 0.0437 e. The molecule has 1 aromatic rings. The van der Waals surface area contributed by atoms with Crippen LogP contribution in [0.15, 0.2) is 24.3 Å². The van der Waals surface area contributed by atoms with E-state index in [1.165, 1.54) is 43.2 Å². The molecule has 1 unspecified atom stereocenters. The van der Waals surface area contributed by atoms with Gasteiger partial charge in [0.05, 0.1) is 0 Å². The van der Waals surface area contributed by atoms with Crippen molar-refractivity contribution in [1.29, 1.82) is 0 Å². The van der Waals surface area contributed by atoms with Crippen molar-refractivity contribution < 1.29 is 1.37 Å². The van der Waals surface area contributed by atoms with Gasteiger partial charge in [-0.3, -0.25) is 0 Å². The second-order valence-corrected chi connectivity index (χ2v) is 4.82. The van der Waals surface area contributed by atoms with E-state index in [2.05, 4.69) is 29.6 Å². The van der Waals surface area contributed by atoms with Crippen LogP contribution in [0.3, 0.4) is 0 Å². The van der Waals surface area contributed by atoms with Crippen LogP contribution in [-0.4, -0.2) is 6.54 Å². The molecule has 0 bridgehead atoms. The molecule has 0 radical (unpaired) electrons. The predicted molar refractivity (Wildman–Crippen MR) is 62.9 cm³/mol. The minimum absolute atomic E-state index is 0.0799. The second kappa shape index (κ2) is 3.64. The van der Waals surface area contributed by atoms with E-state index in [1.54, 1.807) is 0 Å². The molecule has 1 fully saturated rings. The summed E-state index contributed by atoms with van der Waals surface area (Å²) in [5.74, 6) is 0. The van der Waals surface area contributed by atoms with Gasteiger partial charge in [-0.1, -0.05) is 43.5 Å². The maximum Gasteiger partial charge on any atom is 0.0437 e. The van der Waals surface area contributed by atoms with Gasteiger partial charge in [0, 0.05) is 13.5 Å².